The Morgan fingerprint density at radius 1 is 1.11 bits per heavy atom. The average Bonchev–Trinajstić information content (AvgIpc) is 2.66. The van der Waals surface area contributed by atoms with Crippen LogP contribution in [-0.2, 0) is 0 Å². The number of primary amides is 1. The number of carbonyl (C=O) groups is 2. The Hall–Kier alpha value is -3.23. The third kappa shape index (κ3) is 3.73. The van der Waals surface area contributed by atoms with E-state index in [1.54, 1.807) is 12.1 Å². The number of anilines is 1. The number of ether oxygens (including phenoxy) is 2. The lowest BCUT2D eigenvalue weighted by atomic mass is 10.1. The van der Waals surface area contributed by atoms with Crippen molar-refractivity contribution in [3.05, 3.63) is 52.1 Å². The fourth-order valence-electron chi connectivity index (χ4n) is 2.54. The van der Waals surface area contributed by atoms with Crippen molar-refractivity contribution in [2.24, 2.45) is 5.73 Å². The molecular formula is C18H13Cl2N3O5. The van der Waals surface area contributed by atoms with Crippen LogP contribution in [0.1, 0.15) is 10.4 Å². The number of carboxylic acid groups (broad SMARTS) is 1. The van der Waals surface area contributed by atoms with Crippen molar-refractivity contribution in [3.63, 3.8) is 0 Å². The molecule has 0 aliphatic heterocycles. The number of fused-ring (bicyclic) bond motifs is 1. The molecule has 0 fully saturated rings. The number of amides is 2. The second kappa shape index (κ2) is 7.79. The van der Waals surface area contributed by atoms with Crippen molar-refractivity contribution in [3.8, 4) is 17.2 Å². The number of benzene rings is 2. The molecular weight excluding hydrogens is 409 g/mol. The minimum absolute atomic E-state index is 0.0144. The van der Waals surface area contributed by atoms with Gasteiger partial charge in [-0.05, 0) is 24.3 Å². The highest BCUT2D eigenvalue weighted by molar-refractivity contribution is 6.44. The van der Waals surface area contributed by atoms with E-state index < -0.39 is 12.0 Å². The zero-order valence-corrected chi connectivity index (χ0v) is 15.8. The molecule has 28 heavy (non-hydrogen) atoms. The topological polar surface area (TPSA) is 124 Å². The van der Waals surface area contributed by atoms with Crippen LogP contribution in [0.3, 0.4) is 0 Å². The van der Waals surface area contributed by atoms with Gasteiger partial charge >= 0.3 is 6.09 Å². The molecule has 0 aliphatic carbocycles. The van der Waals surface area contributed by atoms with Gasteiger partial charge in [-0.1, -0.05) is 23.2 Å². The van der Waals surface area contributed by atoms with E-state index >= 15 is 0 Å². The Balaban J connectivity index is 2.08. The summed E-state index contributed by atoms with van der Waals surface area (Å²) < 4.78 is 11.0. The summed E-state index contributed by atoms with van der Waals surface area (Å²) in [4.78, 5) is 26.7. The second-order valence-corrected chi connectivity index (χ2v) is 6.27. The predicted octanol–water partition coefficient (Wildman–Crippen LogP) is 4.53. The molecule has 1 heterocycles. The average molecular weight is 422 g/mol. The first-order chi connectivity index (χ1) is 13.3. The Labute approximate surface area is 168 Å². The standard InChI is InChI=1S/C18H13Cl2N3O5/c1-27-14-7-11-8(6-9(14)17(21)24)12(4-5-22-11)28-13-3-2-10(23-18(25)26)15(19)16(13)20/h2-7,23H,1H3,(H2,21,24)(H,25,26). The van der Waals surface area contributed by atoms with Gasteiger partial charge in [0.05, 0.1) is 28.9 Å². The third-order valence-corrected chi connectivity index (χ3v) is 4.66. The number of nitrogens with zero attached hydrogens (tertiary/aromatic N) is 1. The predicted molar refractivity (Wildman–Crippen MR) is 105 cm³/mol. The first-order valence-corrected chi connectivity index (χ1v) is 8.49. The molecule has 0 bridgehead atoms. The number of carbonyl (C=O) groups excluding carboxylic acids is 1. The van der Waals surface area contributed by atoms with Crippen molar-refractivity contribution in [2.45, 2.75) is 0 Å². The van der Waals surface area contributed by atoms with Gasteiger partial charge in [0.1, 0.15) is 22.3 Å². The van der Waals surface area contributed by atoms with Crippen molar-refractivity contribution in [2.75, 3.05) is 12.4 Å². The van der Waals surface area contributed by atoms with E-state index in [2.05, 4.69) is 10.3 Å². The summed E-state index contributed by atoms with van der Waals surface area (Å²) in [5.74, 6) is 0.146. The van der Waals surface area contributed by atoms with E-state index in [1.807, 2.05) is 0 Å². The molecule has 0 saturated heterocycles. The molecule has 10 heteroatoms. The highest BCUT2D eigenvalue weighted by Crippen LogP contribution is 2.41. The second-order valence-electron chi connectivity index (χ2n) is 5.51. The van der Waals surface area contributed by atoms with Gasteiger partial charge in [-0.25, -0.2) is 4.79 Å². The van der Waals surface area contributed by atoms with Crippen LogP contribution in [0.4, 0.5) is 10.5 Å². The van der Waals surface area contributed by atoms with E-state index in [-0.39, 0.29) is 32.8 Å². The summed E-state index contributed by atoms with van der Waals surface area (Å²) in [6.07, 6.45) is 0.233. The van der Waals surface area contributed by atoms with E-state index in [0.717, 1.165) is 0 Å². The SMILES string of the molecule is COc1cc2nccc(Oc3ccc(NC(=O)O)c(Cl)c3Cl)c2cc1C(N)=O. The highest BCUT2D eigenvalue weighted by atomic mass is 35.5. The maximum absolute atomic E-state index is 11.7. The zero-order valence-electron chi connectivity index (χ0n) is 14.3. The van der Waals surface area contributed by atoms with Crippen molar-refractivity contribution >= 4 is 51.8 Å². The Bertz CT molecular complexity index is 1100. The van der Waals surface area contributed by atoms with Gasteiger partial charge in [-0.3, -0.25) is 15.1 Å². The van der Waals surface area contributed by atoms with E-state index in [0.29, 0.717) is 16.7 Å². The summed E-state index contributed by atoms with van der Waals surface area (Å²) in [6.45, 7) is 0. The number of methoxy groups -OCH3 is 1. The first-order valence-electron chi connectivity index (χ1n) is 7.74. The number of nitrogens with one attached hydrogen (secondary N) is 1. The fourth-order valence-corrected chi connectivity index (χ4v) is 2.95. The summed E-state index contributed by atoms with van der Waals surface area (Å²) >= 11 is 12.3. The van der Waals surface area contributed by atoms with Gasteiger partial charge in [0.25, 0.3) is 5.91 Å². The molecule has 3 rings (SSSR count). The summed E-state index contributed by atoms with van der Waals surface area (Å²) in [5, 5.41) is 11.5. The summed E-state index contributed by atoms with van der Waals surface area (Å²) in [7, 11) is 1.42. The molecule has 3 aromatic rings. The van der Waals surface area contributed by atoms with Crippen molar-refractivity contribution < 1.29 is 24.2 Å². The van der Waals surface area contributed by atoms with Crippen LogP contribution in [0, 0.1) is 0 Å². The Morgan fingerprint density at radius 2 is 1.86 bits per heavy atom. The van der Waals surface area contributed by atoms with E-state index in [4.69, 9.17) is 43.5 Å². The van der Waals surface area contributed by atoms with Crippen LogP contribution in [0.5, 0.6) is 17.2 Å². The third-order valence-electron chi connectivity index (χ3n) is 3.80. The maximum atomic E-state index is 11.7. The van der Waals surface area contributed by atoms with Crippen LogP contribution < -0.4 is 20.5 Å². The molecule has 2 amide bonds. The Morgan fingerprint density at radius 3 is 2.50 bits per heavy atom. The molecule has 0 aliphatic rings. The van der Waals surface area contributed by atoms with Crippen molar-refractivity contribution in [1.82, 2.24) is 4.98 Å². The van der Waals surface area contributed by atoms with Crippen LogP contribution in [0.2, 0.25) is 10.0 Å². The highest BCUT2D eigenvalue weighted by Gasteiger charge is 2.17. The van der Waals surface area contributed by atoms with E-state index in [1.165, 1.54) is 31.5 Å². The number of rotatable bonds is 5. The summed E-state index contributed by atoms with van der Waals surface area (Å²) in [6, 6.07) is 7.53. The Kier molecular flexibility index (Phi) is 5.43. The lowest BCUT2D eigenvalue weighted by Gasteiger charge is -2.14. The lowest BCUT2D eigenvalue weighted by Crippen LogP contribution is -2.12. The smallest absolute Gasteiger partial charge is 0.409 e. The molecule has 8 nitrogen and oxygen atoms in total. The van der Waals surface area contributed by atoms with Gasteiger partial charge in [0.15, 0.2) is 0 Å². The molecule has 0 radical (unpaired) electrons. The van der Waals surface area contributed by atoms with Gasteiger partial charge in [0, 0.05) is 17.6 Å². The quantitative estimate of drug-likeness (QED) is 0.555. The molecule has 0 saturated carbocycles. The normalized spacial score (nSPS) is 10.5. The molecule has 2 aromatic carbocycles. The van der Waals surface area contributed by atoms with Crippen LogP contribution in [0.25, 0.3) is 10.9 Å². The van der Waals surface area contributed by atoms with Gasteiger partial charge < -0.3 is 20.3 Å². The fraction of sp³-hybridized carbons (Fsp3) is 0.0556. The maximum Gasteiger partial charge on any atom is 0.409 e. The minimum atomic E-state index is -1.28. The number of hydrogen-bond acceptors (Lipinski definition) is 5. The van der Waals surface area contributed by atoms with Gasteiger partial charge in [0.2, 0.25) is 0 Å². The first kappa shape index (κ1) is 19.5. The van der Waals surface area contributed by atoms with Gasteiger partial charge in [-0.15, -0.1) is 0 Å². The molecule has 144 valence electrons. The largest absolute Gasteiger partial charge is 0.496 e. The molecule has 1 aromatic heterocycles. The van der Waals surface area contributed by atoms with Crippen molar-refractivity contribution in [1.29, 1.82) is 0 Å². The van der Waals surface area contributed by atoms with E-state index in [9.17, 15) is 9.59 Å². The monoisotopic (exact) mass is 421 g/mol. The molecule has 0 spiro atoms. The molecule has 4 N–H and O–H groups in total. The molecule has 0 unspecified atom stereocenters. The van der Waals surface area contributed by atoms with Crippen LogP contribution in [0.15, 0.2) is 36.5 Å². The lowest BCUT2D eigenvalue weighted by molar-refractivity contribution is 0.0997. The number of hydrogen-bond donors (Lipinski definition) is 3. The van der Waals surface area contributed by atoms with Crippen LogP contribution in [-0.4, -0.2) is 29.2 Å². The number of pyridine rings is 1. The molecule has 0 atom stereocenters. The minimum Gasteiger partial charge on any atom is -0.496 e. The number of halogens is 2. The summed E-state index contributed by atoms with van der Waals surface area (Å²) in [5.41, 5.74) is 6.20. The van der Waals surface area contributed by atoms with Crippen LogP contribution >= 0.6 is 23.2 Å². The van der Waals surface area contributed by atoms with Gasteiger partial charge in [-0.2, -0.15) is 0 Å². The number of aromatic nitrogens is 1. The number of nitrogens with two attached hydrogens (primary N) is 1. The zero-order chi connectivity index (χ0) is 20.4.